The summed E-state index contributed by atoms with van der Waals surface area (Å²) in [5.41, 5.74) is 0.412. The predicted octanol–water partition coefficient (Wildman–Crippen LogP) is 1.41. The topological polar surface area (TPSA) is 176 Å². The van der Waals surface area contributed by atoms with E-state index in [1.807, 2.05) is 0 Å². The molecule has 0 bridgehead atoms. The number of nitrogens with zero attached hydrogens (tertiary/aromatic N) is 4. The number of carbonyl (C=O) groups excluding carboxylic acids is 4. The molecule has 218 valence electrons. The van der Waals surface area contributed by atoms with Gasteiger partial charge in [0.1, 0.15) is 30.2 Å². The van der Waals surface area contributed by atoms with Gasteiger partial charge in [0.25, 0.3) is 0 Å². The Hall–Kier alpha value is -4.79. The molecule has 3 heterocycles. The van der Waals surface area contributed by atoms with Crippen LogP contribution in [0.15, 0.2) is 24.8 Å². The number of fused-ring (bicyclic) bond motifs is 1. The highest BCUT2D eigenvalue weighted by molar-refractivity contribution is 6.13. The fourth-order valence-electron chi connectivity index (χ4n) is 4.47. The number of rotatable bonds is 10. The lowest BCUT2D eigenvalue weighted by molar-refractivity contribution is -0.166. The normalized spacial score (nSPS) is 19.9. The van der Waals surface area contributed by atoms with E-state index in [-0.39, 0.29) is 40.5 Å². The van der Waals surface area contributed by atoms with Gasteiger partial charge in [0, 0.05) is 26.3 Å². The standard InChI is InChI=1S/C26H28N4O11/c1-12(31)38-9-18-23(39-13(2)32)24(40-14(3)33)26(41-18)30-11-29-20-19(27-10-28-25(20)30)21(34)15-7-16(35-4)22(37-6)17(8-15)36-5/h7-8,10-11,18,23-24,26H,9H2,1-6H3/t18-,23-,24-,26-/m1/s1. The second-order valence-corrected chi connectivity index (χ2v) is 8.81. The van der Waals surface area contributed by atoms with Crippen molar-refractivity contribution < 1.29 is 52.3 Å². The summed E-state index contributed by atoms with van der Waals surface area (Å²) in [5.74, 6) is -1.60. The van der Waals surface area contributed by atoms with E-state index in [0.717, 1.165) is 0 Å². The molecule has 1 aliphatic heterocycles. The molecule has 3 aromatic rings. The first-order chi connectivity index (χ1) is 19.6. The fourth-order valence-corrected chi connectivity index (χ4v) is 4.47. The largest absolute Gasteiger partial charge is 0.493 e. The van der Waals surface area contributed by atoms with Crippen molar-refractivity contribution >= 4 is 34.9 Å². The number of imidazole rings is 1. The van der Waals surface area contributed by atoms with E-state index >= 15 is 0 Å². The maximum atomic E-state index is 13.6. The average molecular weight is 573 g/mol. The Labute approximate surface area is 233 Å². The second-order valence-electron chi connectivity index (χ2n) is 8.81. The molecule has 41 heavy (non-hydrogen) atoms. The monoisotopic (exact) mass is 572 g/mol. The van der Waals surface area contributed by atoms with Crippen molar-refractivity contribution in [3.63, 3.8) is 0 Å². The average Bonchev–Trinajstić information content (AvgIpc) is 3.51. The van der Waals surface area contributed by atoms with Crippen molar-refractivity contribution in [2.24, 2.45) is 0 Å². The van der Waals surface area contributed by atoms with Crippen molar-refractivity contribution in [2.45, 2.75) is 45.3 Å². The number of ketones is 1. The number of methoxy groups -OCH3 is 3. The molecular formula is C26H28N4O11. The Kier molecular flexibility index (Phi) is 8.66. The molecule has 15 heteroatoms. The van der Waals surface area contributed by atoms with Gasteiger partial charge in [-0.25, -0.2) is 15.0 Å². The van der Waals surface area contributed by atoms with Crippen LogP contribution in [0.2, 0.25) is 0 Å². The Morgan fingerprint density at radius 1 is 0.854 bits per heavy atom. The van der Waals surface area contributed by atoms with Gasteiger partial charge in [0.05, 0.1) is 27.7 Å². The molecule has 1 fully saturated rings. The van der Waals surface area contributed by atoms with Crippen molar-refractivity contribution in [1.29, 1.82) is 0 Å². The number of aromatic nitrogens is 4. The predicted molar refractivity (Wildman–Crippen MR) is 137 cm³/mol. The van der Waals surface area contributed by atoms with Crippen molar-refractivity contribution in [1.82, 2.24) is 19.5 Å². The van der Waals surface area contributed by atoms with E-state index in [4.69, 9.17) is 33.2 Å². The number of hydrogen-bond acceptors (Lipinski definition) is 14. The van der Waals surface area contributed by atoms with E-state index in [9.17, 15) is 19.2 Å². The first kappa shape index (κ1) is 29.2. The molecule has 0 saturated carbocycles. The Morgan fingerprint density at radius 3 is 2.05 bits per heavy atom. The first-order valence-corrected chi connectivity index (χ1v) is 12.2. The minimum atomic E-state index is -1.17. The third-order valence-electron chi connectivity index (χ3n) is 6.12. The van der Waals surface area contributed by atoms with Gasteiger partial charge in [-0.15, -0.1) is 0 Å². The van der Waals surface area contributed by atoms with E-state index in [2.05, 4.69) is 15.0 Å². The smallest absolute Gasteiger partial charge is 0.303 e. The van der Waals surface area contributed by atoms with Crippen LogP contribution in [0.1, 0.15) is 43.1 Å². The summed E-state index contributed by atoms with van der Waals surface area (Å²) in [6.45, 7) is 3.29. The molecule has 0 amide bonds. The minimum absolute atomic E-state index is 0.0435. The number of benzene rings is 1. The summed E-state index contributed by atoms with van der Waals surface area (Å²) in [6, 6.07) is 2.96. The van der Waals surface area contributed by atoms with Gasteiger partial charge < -0.3 is 33.2 Å². The third-order valence-corrected chi connectivity index (χ3v) is 6.12. The first-order valence-electron chi connectivity index (χ1n) is 12.2. The molecule has 0 radical (unpaired) electrons. The van der Waals surface area contributed by atoms with Crippen molar-refractivity contribution in [3.05, 3.63) is 36.0 Å². The molecule has 1 saturated heterocycles. The van der Waals surface area contributed by atoms with Crippen LogP contribution in [0.4, 0.5) is 0 Å². The SMILES string of the molecule is COc1cc(C(=O)c2ncnc3c2ncn3[C@@H]2O[C@H](COC(C)=O)[C@@H](OC(C)=O)[C@H]2OC(C)=O)cc(OC)c1OC. The molecule has 4 atom stereocenters. The zero-order chi connectivity index (χ0) is 29.8. The molecule has 1 aliphatic rings. The summed E-state index contributed by atoms with van der Waals surface area (Å²) in [6.07, 6.45) is -1.91. The highest BCUT2D eigenvalue weighted by Crippen LogP contribution is 2.39. The van der Waals surface area contributed by atoms with Gasteiger partial charge in [-0.3, -0.25) is 23.7 Å². The lowest BCUT2D eigenvalue weighted by Crippen LogP contribution is -2.40. The maximum absolute atomic E-state index is 13.6. The van der Waals surface area contributed by atoms with Gasteiger partial charge in [0.2, 0.25) is 11.5 Å². The van der Waals surface area contributed by atoms with Gasteiger partial charge in [-0.2, -0.15) is 0 Å². The van der Waals surface area contributed by atoms with E-state index in [0.29, 0.717) is 5.75 Å². The van der Waals surface area contributed by atoms with Crippen LogP contribution in [0, 0.1) is 0 Å². The molecule has 0 N–H and O–H groups in total. The zero-order valence-electron chi connectivity index (χ0n) is 23.1. The summed E-state index contributed by atoms with van der Waals surface area (Å²) in [4.78, 5) is 61.7. The Balaban J connectivity index is 1.77. The molecule has 4 rings (SSSR count). The van der Waals surface area contributed by atoms with Crippen LogP contribution in [0.25, 0.3) is 11.2 Å². The van der Waals surface area contributed by atoms with Gasteiger partial charge in [-0.05, 0) is 12.1 Å². The van der Waals surface area contributed by atoms with E-state index < -0.39 is 48.2 Å². The lowest BCUT2D eigenvalue weighted by atomic mass is 10.1. The van der Waals surface area contributed by atoms with Crippen LogP contribution in [-0.2, 0) is 33.3 Å². The summed E-state index contributed by atoms with van der Waals surface area (Å²) >= 11 is 0. The van der Waals surface area contributed by atoms with Crippen LogP contribution in [0.3, 0.4) is 0 Å². The highest BCUT2D eigenvalue weighted by Gasteiger charge is 2.51. The number of esters is 3. The maximum Gasteiger partial charge on any atom is 0.303 e. The number of hydrogen-bond donors (Lipinski definition) is 0. The fraction of sp³-hybridized carbons (Fsp3) is 0.423. The third kappa shape index (κ3) is 5.89. The Bertz CT molecular complexity index is 1460. The quantitative estimate of drug-likeness (QED) is 0.193. The summed E-state index contributed by atoms with van der Waals surface area (Å²) in [7, 11) is 4.30. The summed E-state index contributed by atoms with van der Waals surface area (Å²) in [5, 5.41) is 0. The van der Waals surface area contributed by atoms with Gasteiger partial charge >= 0.3 is 17.9 Å². The second kappa shape index (κ2) is 12.2. The molecule has 0 aliphatic carbocycles. The zero-order valence-corrected chi connectivity index (χ0v) is 23.1. The molecule has 1 aromatic carbocycles. The molecule has 2 aromatic heterocycles. The molecular weight excluding hydrogens is 544 g/mol. The van der Waals surface area contributed by atoms with Crippen LogP contribution in [0.5, 0.6) is 17.2 Å². The molecule has 0 unspecified atom stereocenters. The molecule has 0 spiro atoms. The van der Waals surface area contributed by atoms with Crippen LogP contribution >= 0.6 is 0 Å². The number of ether oxygens (including phenoxy) is 7. The lowest BCUT2D eigenvalue weighted by Gasteiger charge is -2.23. The minimum Gasteiger partial charge on any atom is -0.493 e. The van der Waals surface area contributed by atoms with Gasteiger partial charge in [0.15, 0.2) is 35.6 Å². The van der Waals surface area contributed by atoms with Crippen LogP contribution < -0.4 is 14.2 Å². The van der Waals surface area contributed by atoms with Gasteiger partial charge in [-0.1, -0.05) is 0 Å². The number of carbonyl (C=O) groups is 4. The van der Waals surface area contributed by atoms with E-state index in [1.165, 1.54) is 71.5 Å². The van der Waals surface area contributed by atoms with Crippen molar-refractivity contribution in [3.8, 4) is 17.2 Å². The van der Waals surface area contributed by atoms with Crippen LogP contribution in [-0.4, -0.2) is 89.5 Å². The highest BCUT2D eigenvalue weighted by atomic mass is 16.7. The summed E-state index contributed by atoms with van der Waals surface area (Å²) < 4.78 is 39.5. The Morgan fingerprint density at radius 2 is 1.49 bits per heavy atom. The van der Waals surface area contributed by atoms with E-state index in [1.54, 1.807) is 0 Å². The van der Waals surface area contributed by atoms with Crippen molar-refractivity contribution in [2.75, 3.05) is 27.9 Å². The molecule has 15 nitrogen and oxygen atoms in total.